The average Bonchev–Trinajstić information content (AvgIpc) is 2.69. The number of nitrogen functional groups attached to an aromatic ring is 1. The first-order valence-corrected chi connectivity index (χ1v) is 6.50. The second-order valence-electron chi connectivity index (χ2n) is 5.27. The summed E-state index contributed by atoms with van der Waals surface area (Å²) in [7, 11) is 2.15. The number of likely N-dealkylation sites (N-methyl/N-ethyl adjacent to an activating group) is 1. The maximum absolute atomic E-state index is 5.81. The van der Waals surface area contributed by atoms with E-state index in [-0.39, 0.29) is 0 Å². The summed E-state index contributed by atoms with van der Waals surface area (Å²) < 4.78 is 0. The monoisotopic (exact) mass is 248 g/mol. The SMILES string of the molecule is CC1Cc2c(nc(N)nc2N2CCN(C)CC2)N1. The maximum Gasteiger partial charge on any atom is 0.223 e. The Bertz CT molecular complexity index is 452. The van der Waals surface area contributed by atoms with Crippen molar-refractivity contribution in [1.29, 1.82) is 0 Å². The van der Waals surface area contributed by atoms with Gasteiger partial charge in [-0.2, -0.15) is 9.97 Å². The Morgan fingerprint density at radius 3 is 2.67 bits per heavy atom. The van der Waals surface area contributed by atoms with Crippen molar-refractivity contribution in [1.82, 2.24) is 14.9 Å². The summed E-state index contributed by atoms with van der Waals surface area (Å²) in [5.41, 5.74) is 7.04. The minimum Gasteiger partial charge on any atom is -0.368 e. The Balaban J connectivity index is 1.92. The first-order chi connectivity index (χ1) is 8.63. The van der Waals surface area contributed by atoms with Crippen molar-refractivity contribution in [3.8, 4) is 0 Å². The van der Waals surface area contributed by atoms with Gasteiger partial charge in [0, 0.05) is 37.8 Å². The molecule has 2 aliphatic rings. The van der Waals surface area contributed by atoms with Gasteiger partial charge in [-0.05, 0) is 20.4 Å². The fourth-order valence-corrected chi connectivity index (χ4v) is 2.67. The summed E-state index contributed by atoms with van der Waals surface area (Å²) in [5, 5.41) is 3.36. The molecule has 1 atom stereocenters. The molecular formula is C12H20N6. The van der Waals surface area contributed by atoms with Gasteiger partial charge in [-0.3, -0.25) is 0 Å². The number of hydrogen-bond donors (Lipinski definition) is 2. The summed E-state index contributed by atoms with van der Waals surface area (Å²) in [5.74, 6) is 2.32. The molecule has 1 fully saturated rings. The van der Waals surface area contributed by atoms with E-state index in [1.54, 1.807) is 0 Å². The Kier molecular flexibility index (Phi) is 2.74. The lowest BCUT2D eigenvalue weighted by molar-refractivity contribution is 0.312. The standard InChI is InChI=1S/C12H20N6/c1-8-7-9-10(14-8)15-12(13)16-11(9)18-5-3-17(2)4-6-18/h8H,3-7H2,1-2H3,(H3,13,14,15,16). The first kappa shape index (κ1) is 11.5. The van der Waals surface area contributed by atoms with E-state index in [4.69, 9.17) is 5.73 Å². The molecule has 1 saturated heterocycles. The highest BCUT2D eigenvalue weighted by atomic mass is 15.3. The fourth-order valence-electron chi connectivity index (χ4n) is 2.67. The predicted molar refractivity (Wildman–Crippen MR) is 72.9 cm³/mol. The maximum atomic E-state index is 5.81. The third-order valence-corrected chi connectivity index (χ3v) is 3.70. The quantitative estimate of drug-likeness (QED) is 0.738. The molecule has 2 aliphatic heterocycles. The minimum absolute atomic E-state index is 0.365. The van der Waals surface area contributed by atoms with Crippen LogP contribution in [-0.2, 0) is 6.42 Å². The Morgan fingerprint density at radius 2 is 1.94 bits per heavy atom. The number of aromatic nitrogens is 2. The molecule has 3 heterocycles. The molecule has 6 heteroatoms. The molecule has 0 aliphatic carbocycles. The van der Waals surface area contributed by atoms with Crippen molar-refractivity contribution < 1.29 is 0 Å². The number of anilines is 3. The molecule has 0 radical (unpaired) electrons. The normalized spacial score (nSPS) is 23.9. The van der Waals surface area contributed by atoms with E-state index >= 15 is 0 Å². The number of nitrogens with two attached hydrogens (primary N) is 1. The number of nitrogens with one attached hydrogen (secondary N) is 1. The van der Waals surface area contributed by atoms with Gasteiger partial charge in [0.25, 0.3) is 0 Å². The number of nitrogens with zero attached hydrogens (tertiary/aromatic N) is 4. The van der Waals surface area contributed by atoms with Crippen molar-refractivity contribution in [2.75, 3.05) is 49.2 Å². The number of piperazine rings is 1. The third kappa shape index (κ3) is 1.96. The number of rotatable bonds is 1. The van der Waals surface area contributed by atoms with Crippen molar-refractivity contribution in [2.24, 2.45) is 0 Å². The Labute approximate surface area is 107 Å². The van der Waals surface area contributed by atoms with Crippen LogP contribution in [0.1, 0.15) is 12.5 Å². The van der Waals surface area contributed by atoms with E-state index in [9.17, 15) is 0 Å². The lowest BCUT2D eigenvalue weighted by atomic mass is 10.1. The highest BCUT2D eigenvalue weighted by molar-refractivity contribution is 5.65. The van der Waals surface area contributed by atoms with Crippen LogP contribution in [0.5, 0.6) is 0 Å². The van der Waals surface area contributed by atoms with E-state index in [1.165, 1.54) is 5.56 Å². The molecule has 0 amide bonds. The number of hydrogen-bond acceptors (Lipinski definition) is 6. The summed E-state index contributed by atoms with van der Waals surface area (Å²) in [6.07, 6.45) is 0.983. The summed E-state index contributed by atoms with van der Waals surface area (Å²) in [6, 6.07) is 0.419. The molecule has 0 spiro atoms. The van der Waals surface area contributed by atoms with Crippen molar-refractivity contribution >= 4 is 17.6 Å². The van der Waals surface area contributed by atoms with Crippen LogP contribution in [0.15, 0.2) is 0 Å². The minimum atomic E-state index is 0.365. The zero-order chi connectivity index (χ0) is 12.7. The molecule has 3 rings (SSSR count). The van der Waals surface area contributed by atoms with Crippen molar-refractivity contribution in [3.05, 3.63) is 5.56 Å². The molecule has 3 N–H and O–H groups in total. The van der Waals surface area contributed by atoms with Crippen LogP contribution in [0.25, 0.3) is 0 Å². The molecule has 98 valence electrons. The van der Waals surface area contributed by atoms with Crippen LogP contribution in [0, 0.1) is 0 Å². The predicted octanol–water partition coefficient (Wildman–Crippen LogP) is 0.167. The fraction of sp³-hybridized carbons (Fsp3) is 0.667. The van der Waals surface area contributed by atoms with Crippen LogP contribution in [0.3, 0.4) is 0 Å². The summed E-state index contributed by atoms with van der Waals surface area (Å²) >= 11 is 0. The van der Waals surface area contributed by atoms with E-state index in [0.717, 1.165) is 44.2 Å². The summed E-state index contributed by atoms with van der Waals surface area (Å²) in [4.78, 5) is 13.4. The van der Waals surface area contributed by atoms with Gasteiger partial charge in [-0.25, -0.2) is 0 Å². The smallest absolute Gasteiger partial charge is 0.223 e. The van der Waals surface area contributed by atoms with E-state index in [0.29, 0.717) is 12.0 Å². The molecule has 1 aromatic heterocycles. The average molecular weight is 248 g/mol. The second-order valence-corrected chi connectivity index (χ2v) is 5.27. The van der Waals surface area contributed by atoms with E-state index in [2.05, 4.69) is 39.1 Å². The second kappa shape index (κ2) is 4.28. The van der Waals surface area contributed by atoms with Crippen molar-refractivity contribution in [2.45, 2.75) is 19.4 Å². The van der Waals surface area contributed by atoms with E-state index in [1.807, 2.05) is 0 Å². The lowest BCUT2D eigenvalue weighted by Crippen LogP contribution is -2.45. The molecular weight excluding hydrogens is 228 g/mol. The molecule has 1 unspecified atom stereocenters. The van der Waals surface area contributed by atoms with Crippen LogP contribution >= 0.6 is 0 Å². The molecule has 0 saturated carbocycles. The molecule has 6 nitrogen and oxygen atoms in total. The highest BCUT2D eigenvalue weighted by Crippen LogP contribution is 2.32. The van der Waals surface area contributed by atoms with Crippen LogP contribution in [0.2, 0.25) is 0 Å². The largest absolute Gasteiger partial charge is 0.368 e. The van der Waals surface area contributed by atoms with Gasteiger partial charge in [0.2, 0.25) is 5.95 Å². The van der Waals surface area contributed by atoms with Gasteiger partial charge in [-0.15, -0.1) is 0 Å². The Hall–Kier alpha value is -1.56. The van der Waals surface area contributed by atoms with Crippen LogP contribution in [-0.4, -0.2) is 54.1 Å². The van der Waals surface area contributed by atoms with Gasteiger partial charge in [0.15, 0.2) is 0 Å². The zero-order valence-electron chi connectivity index (χ0n) is 11.0. The highest BCUT2D eigenvalue weighted by Gasteiger charge is 2.27. The Morgan fingerprint density at radius 1 is 1.22 bits per heavy atom. The third-order valence-electron chi connectivity index (χ3n) is 3.70. The van der Waals surface area contributed by atoms with Gasteiger partial charge in [0.05, 0.1) is 0 Å². The van der Waals surface area contributed by atoms with Gasteiger partial charge >= 0.3 is 0 Å². The van der Waals surface area contributed by atoms with Crippen LogP contribution < -0.4 is 16.0 Å². The summed E-state index contributed by atoms with van der Waals surface area (Å²) in [6.45, 7) is 6.32. The van der Waals surface area contributed by atoms with E-state index < -0.39 is 0 Å². The van der Waals surface area contributed by atoms with Crippen molar-refractivity contribution in [3.63, 3.8) is 0 Å². The van der Waals surface area contributed by atoms with Gasteiger partial charge in [0.1, 0.15) is 11.6 Å². The lowest BCUT2D eigenvalue weighted by Gasteiger charge is -2.34. The number of fused-ring (bicyclic) bond motifs is 1. The molecule has 0 aromatic carbocycles. The first-order valence-electron chi connectivity index (χ1n) is 6.50. The zero-order valence-corrected chi connectivity index (χ0v) is 11.0. The molecule has 1 aromatic rings. The van der Waals surface area contributed by atoms with Crippen LogP contribution in [0.4, 0.5) is 17.6 Å². The van der Waals surface area contributed by atoms with Gasteiger partial charge in [-0.1, -0.05) is 0 Å². The molecule has 0 bridgehead atoms. The topological polar surface area (TPSA) is 70.3 Å². The molecule has 18 heavy (non-hydrogen) atoms. The van der Waals surface area contributed by atoms with Gasteiger partial charge < -0.3 is 20.9 Å².